The van der Waals surface area contributed by atoms with Crippen LogP contribution in [0, 0.1) is 16.7 Å². The van der Waals surface area contributed by atoms with E-state index in [9.17, 15) is 10.2 Å². The molecule has 0 bridgehead atoms. The fourth-order valence-electron chi connectivity index (χ4n) is 6.18. The predicted octanol–water partition coefficient (Wildman–Crippen LogP) is 3.83. The van der Waals surface area contributed by atoms with Gasteiger partial charge in [0, 0.05) is 5.41 Å². The summed E-state index contributed by atoms with van der Waals surface area (Å²) in [7, 11) is 0. The van der Waals surface area contributed by atoms with E-state index in [1.54, 1.807) is 6.92 Å². The monoisotopic (exact) mass is 322 g/mol. The molecule has 2 aliphatic carbocycles. The first-order chi connectivity index (χ1) is 10.5. The van der Waals surface area contributed by atoms with Gasteiger partial charge in [0.2, 0.25) is 0 Å². The summed E-state index contributed by atoms with van der Waals surface area (Å²) in [6, 6.07) is 0. The molecule has 3 aliphatic rings. The van der Waals surface area contributed by atoms with Gasteiger partial charge in [-0.05, 0) is 62.9 Å². The maximum atomic E-state index is 11.7. The molecule has 3 fully saturated rings. The lowest BCUT2D eigenvalue weighted by atomic mass is 9.43. The van der Waals surface area contributed by atoms with Crippen LogP contribution in [0.2, 0.25) is 0 Å². The van der Waals surface area contributed by atoms with Crippen molar-refractivity contribution >= 4 is 0 Å². The number of rotatable bonds is 2. The van der Waals surface area contributed by atoms with E-state index in [0.29, 0.717) is 5.92 Å². The summed E-state index contributed by atoms with van der Waals surface area (Å²) >= 11 is 0. The molecule has 23 heavy (non-hydrogen) atoms. The standard InChI is InChI=1S/C20H34O3/c1-13(14(2)21)15-12-16-18(5)9-7-8-17(3,4)20(18,22)11-10-19(16,6)23-15/h14-16,21-22H,1,7-12H2,2-6H3/t14-,15+,16-,18-,19-,20-/m1/s1. The molecular formula is C20H34O3. The molecule has 1 saturated heterocycles. The van der Waals surface area contributed by atoms with Gasteiger partial charge in [0.1, 0.15) is 0 Å². The van der Waals surface area contributed by atoms with Gasteiger partial charge in [-0.15, -0.1) is 0 Å². The quantitative estimate of drug-likeness (QED) is 0.760. The lowest BCUT2D eigenvalue weighted by Crippen LogP contribution is -2.67. The first kappa shape index (κ1) is 17.4. The van der Waals surface area contributed by atoms with E-state index >= 15 is 0 Å². The van der Waals surface area contributed by atoms with Crippen molar-refractivity contribution in [1.29, 1.82) is 0 Å². The molecule has 132 valence electrons. The lowest BCUT2D eigenvalue weighted by Gasteiger charge is -2.65. The Morgan fingerprint density at radius 1 is 1.13 bits per heavy atom. The Kier molecular flexibility index (Phi) is 3.84. The zero-order valence-corrected chi connectivity index (χ0v) is 15.5. The van der Waals surface area contributed by atoms with Gasteiger partial charge in [-0.25, -0.2) is 0 Å². The molecular weight excluding hydrogens is 288 g/mol. The predicted molar refractivity (Wildman–Crippen MR) is 92.1 cm³/mol. The van der Waals surface area contributed by atoms with Gasteiger partial charge in [-0.3, -0.25) is 0 Å². The summed E-state index contributed by atoms with van der Waals surface area (Å²) in [5.41, 5.74) is -0.247. The van der Waals surface area contributed by atoms with E-state index in [4.69, 9.17) is 4.74 Å². The number of aliphatic hydroxyl groups excluding tert-OH is 1. The van der Waals surface area contributed by atoms with Crippen molar-refractivity contribution < 1.29 is 14.9 Å². The lowest BCUT2D eigenvalue weighted by molar-refractivity contribution is -0.255. The van der Waals surface area contributed by atoms with E-state index in [2.05, 4.69) is 34.3 Å². The van der Waals surface area contributed by atoms with E-state index in [1.165, 1.54) is 6.42 Å². The molecule has 0 radical (unpaired) electrons. The van der Waals surface area contributed by atoms with Crippen molar-refractivity contribution in [3.05, 3.63) is 12.2 Å². The van der Waals surface area contributed by atoms with Gasteiger partial charge in [-0.2, -0.15) is 0 Å². The van der Waals surface area contributed by atoms with E-state index < -0.39 is 11.7 Å². The van der Waals surface area contributed by atoms with Crippen molar-refractivity contribution in [1.82, 2.24) is 0 Å². The fraction of sp³-hybridized carbons (Fsp3) is 0.900. The molecule has 3 nitrogen and oxygen atoms in total. The van der Waals surface area contributed by atoms with Crippen molar-refractivity contribution in [2.75, 3.05) is 0 Å². The Labute approximate surface area is 141 Å². The highest BCUT2D eigenvalue weighted by Gasteiger charge is 2.69. The highest BCUT2D eigenvalue weighted by molar-refractivity contribution is 5.22. The Morgan fingerprint density at radius 3 is 2.39 bits per heavy atom. The molecule has 1 heterocycles. The maximum Gasteiger partial charge on any atom is 0.0818 e. The van der Waals surface area contributed by atoms with Gasteiger partial charge < -0.3 is 14.9 Å². The number of hydrogen-bond donors (Lipinski definition) is 2. The molecule has 0 unspecified atom stereocenters. The van der Waals surface area contributed by atoms with Crippen molar-refractivity contribution in [3.8, 4) is 0 Å². The number of fused-ring (bicyclic) bond motifs is 3. The first-order valence-corrected chi connectivity index (χ1v) is 9.24. The van der Waals surface area contributed by atoms with Crippen LogP contribution in [0.25, 0.3) is 0 Å². The second-order valence-electron chi connectivity index (χ2n) is 9.47. The minimum atomic E-state index is -0.632. The van der Waals surface area contributed by atoms with E-state index in [1.807, 2.05) is 0 Å². The molecule has 3 rings (SSSR count). The third kappa shape index (κ3) is 2.19. The molecule has 2 N–H and O–H groups in total. The van der Waals surface area contributed by atoms with Crippen LogP contribution in [0.1, 0.15) is 73.1 Å². The van der Waals surface area contributed by atoms with Crippen LogP contribution < -0.4 is 0 Å². The third-order valence-corrected chi connectivity index (χ3v) is 7.86. The molecule has 0 aromatic carbocycles. The summed E-state index contributed by atoms with van der Waals surface area (Å²) in [5, 5.41) is 21.6. The summed E-state index contributed by atoms with van der Waals surface area (Å²) in [4.78, 5) is 0. The zero-order chi connectivity index (χ0) is 17.3. The van der Waals surface area contributed by atoms with Crippen LogP contribution in [-0.4, -0.2) is 33.6 Å². The van der Waals surface area contributed by atoms with Crippen LogP contribution in [0.15, 0.2) is 12.2 Å². The second kappa shape index (κ2) is 5.06. The Hall–Kier alpha value is -0.380. The number of hydrogen-bond acceptors (Lipinski definition) is 3. The summed E-state index contributed by atoms with van der Waals surface area (Å²) in [6.45, 7) is 14.8. The summed E-state index contributed by atoms with van der Waals surface area (Å²) in [6.07, 6.45) is 5.24. The number of ether oxygens (including phenoxy) is 1. The van der Waals surface area contributed by atoms with Crippen LogP contribution in [0.5, 0.6) is 0 Å². The molecule has 0 amide bonds. The van der Waals surface area contributed by atoms with Gasteiger partial charge in [-0.1, -0.05) is 33.8 Å². The van der Waals surface area contributed by atoms with E-state index in [-0.39, 0.29) is 22.5 Å². The maximum absolute atomic E-state index is 11.7. The van der Waals surface area contributed by atoms with Gasteiger partial charge in [0.05, 0.1) is 23.4 Å². The molecule has 0 aromatic rings. The van der Waals surface area contributed by atoms with Gasteiger partial charge in [0.15, 0.2) is 0 Å². The molecule has 6 atom stereocenters. The smallest absolute Gasteiger partial charge is 0.0818 e. The highest BCUT2D eigenvalue weighted by atomic mass is 16.5. The Balaban J connectivity index is 1.98. The van der Waals surface area contributed by atoms with Crippen molar-refractivity contribution in [2.24, 2.45) is 16.7 Å². The topological polar surface area (TPSA) is 49.7 Å². The molecule has 3 heteroatoms. The Bertz CT molecular complexity index is 511. The first-order valence-electron chi connectivity index (χ1n) is 9.24. The average molecular weight is 322 g/mol. The van der Waals surface area contributed by atoms with Crippen LogP contribution in [0.3, 0.4) is 0 Å². The highest BCUT2D eigenvalue weighted by Crippen LogP contribution is 2.67. The van der Waals surface area contributed by atoms with Gasteiger partial charge >= 0.3 is 0 Å². The number of aliphatic hydroxyl groups is 2. The largest absolute Gasteiger partial charge is 0.389 e. The van der Waals surface area contributed by atoms with Crippen molar-refractivity contribution in [2.45, 2.75) is 96.6 Å². The van der Waals surface area contributed by atoms with E-state index in [0.717, 1.165) is 37.7 Å². The second-order valence-corrected chi connectivity index (χ2v) is 9.47. The normalized spacial score (nSPS) is 50.0. The van der Waals surface area contributed by atoms with Crippen molar-refractivity contribution in [3.63, 3.8) is 0 Å². The summed E-state index contributed by atoms with van der Waals surface area (Å²) in [5.74, 6) is 0.314. The zero-order valence-electron chi connectivity index (χ0n) is 15.5. The summed E-state index contributed by atoms with van der Waals surface area (Å²) < 4.78 is 6.43. The molecule has 0 spiro atoms. The minimum absolute atomic E-state index is 0.0549. The Morgan fingerprint density at radius 2 is 1.78 bits per heavy atom. The van der Waals surface area contributed by atoms with Gasteiger partial charge in [0.25, 0.3) is 0 Å². The average Bonchev–Trinajstić information content (AvgIpc) is 2.80. The van der Waals surface area contributed by atoms with Crippen LogP contribution in [0.4, 0.5) is 0 Å². The third-order valence-electron chi connectivity index (χ3n) is 7.86. The van der Waals surface area contributed by atoms with Crippen LogP contribution >= 0.6 is 0 Å². The molecule has 2 saturated carbocycles. The van der Waals surface area contributed by atoms with Crippen LogP contribution in [-0.2, 0) is 4.74 Å². The molecule has 0 aromatic heterocycles. The molecule has 1 aliphatic heterocycles. The minimum Gasteiger partial charge on any atom is -0.389 e. The fourth-order valence-corrected chi connectivity index (χ4v) is 6.18. The SMILES string of the molecule is C=C([C@@H]1C[C@H]2[C@@](C)(CC[C@@]3(O)C(C)(C)CCC[C@]23C)O1)[C@@H](C)O.